The molecule has 1 atom stereocenters. The summed E-state index contributed by atoms with van der Waals surface area (Å²) in [6.07, 6.45) is 3.79. The molecule has 1 aliphatic heterocycles. The number of hydrogen-bond donors (Lipinski definition) is 2. The van der Waals surface area contributed by atoms with E-state index in [1.807, 2.05) is 11.8 Å². The Hall–Kier alpha value is -1.10. The molecule has 2 fully saturated rings. The van der Waals surface area contributed by atoms with E-state index in [-0.39, 0.29) is 17.9 Å². The minimum absolute atomic E-state index is 0.00131. The monoisotopic (exact) mass is 253 g/mol. The maximum Gasteiger partial charge on any atom is 0.242 e. The van der Waals surface area contributed by atoms with Gasteiger partial charge in [0.05, 0.1) is 5.54 Å². The van der Waals surface area contributed by atoms with Gasteiger partial charge in [-0.25, -0.2) is 0 Å². The van der Waals surface area contributed by atoms with Crippen molar-refractivity contribution in [3.05, 3.63) is 0 Å². The number of carbonyl (C=O) groups is 2. The molecular formula is C13H23N3O2. The van der Waals surface area contributed by atoms with Gasteiger partial charge in [-0.3, -0.25) is 9.59 Å². The average molecular weight is 253 g/mol. The normalized spacial score (nSPS) is 24.5. The van der Waals surface area contributed by atoms with Crippen molar-refractivity contribution >= 4 is 11.8 Å². The van der Waals surface area contributed by atoms with Crippen LogP contribution in [0.5, 0.6) is 0 Å². The predicted molar refractivity (Wildman–Crippen MR) is 68.7 cm³/mol. The van der Waals surface area contributed by atoms with Crippen molar-refractivity contribution in [3.8, 4) is 0 Å². The van der Waals surface area contributed by atoms with E-state index in [0.717, 1.165) is 25.7 Å². The molecule has 0 radical (unpaired) electrons. The molecule has 0 spiro atoms. The molecule has 1 saturated carbocycles. The molecule has 0 bridgehead atoms. The summed E-state index contributed by atoms with van der Waals surface area (Å²) in [7, 11) is 0. The number of rotatable bonds is 3. The lowest BCUT2D eigenvalue weighted by atomic mass is 9.93. The van der Waals surface area contributed by atoms with Gasteiger partial charge in [-0.1, -0.05) is 0 Å². The first-order chi connectivity index (χ1) is 8.41. The van der Waals surface area contributed by atoms with Crippen molar-refractivity contribution in [2.75, 3.05) is 13.1 Å². The quantitative estimate of drug-likeness (QED) is 0.756. The molecule has 0 aromatic carbocycles. The van der Waals surface area contributed by atoms with E-state index in [0.29, 0.717) is 19.0 Å². The van der Waals surface area contributed by atoms with E-state index in [1.165, 1.54) is 6.92 Å². The number of hydrogen-bond acceptors (Lipinski definition) is 3. The second-order valence-corrected chi connectivity index (χ2v) is 5.82. The maximum absolute atomic E-state index is 12.3. The molecule has 3 N–H and O–H groups in total. The lowest BCUT2D eigenvalue weighted by Gasteiger charge is -2.37. The first-order valence-corrected chi connectivity index (χ1v) is 6.76. The lowest BCUT2D eigenvalue weighted by Crippen LogP contribution is -2.57. The lowest BCUT2D eigenvalue weighted by molar-refractivity contribution is -0.138. The Morgan fingerprint density at radius 3 is 2.22 bits per heavy atom. The van der Waals surface area contributed by atoms with Gasteiger partial charge >= 0.3 is 0 Å². The third-order valence-electron chi connectivity index (χ3n) is 4.08. The molecule has 5 heteroatoms. The van der Waals surface area contributed by atoms with Crippen LogP contribution in [-0.2, 0) is 9.59 Å². The molecule has 1 saturated heterocycles. The number of carbonyl (C=O) groups excluding carboxylic acids is 2. The van der Waals surface area contributed by atoms with Gasteiger partial charge in [-0.05, 0) is 38.5 Å². The Morgan fingerprint density at radius 2 is 1.78 bits per heavy atom. The third-order valence-corrected chi connectivity index (χ3v) is 4.08. The van der Waals surface area contributed by atoms with E-state index in [4.69, 9.17) is 5.73 Å². The Balaban J connectivity index is 1.85. The topological polar surface area (TPSA) is 75.4 Å². The summed E-state index contributed by atoms with van der Waals surface area (Å²) in [6.45, 7) is 4.78. The van der Waals surface area contributed by atoms with Gasteiger partial charge in [0.25, 0.3) is 0 Å². The molecule has 5 nitrogen and oxygen atoms in total. The van der Waals surface area contributed by atoms with Crippen LogP contribution in [0.25, 0.3) is 0 Å². The standard InChI is InChI=1S/C13H23N3O2/c1-9(17)15-11-5-7-16(8-6-11)12(18)13(2,14)10-3-4-10/h10-11H,3-8,14H2,1-2H3,(H,15,17). The van der Waals surface area contributed by atoms with E-state index in [1.54, 1.807) is 0 Å². The molecule has 0 aromatic heterocycles. The van der Waals surface area contributed by atoms with Crippen LogP contribution >= 0.6 is 0 Å². The van der Waals surface area contributed by atoms with Crippen LogP contribution in [-0.4, -0.2) is 41.4 Å². The van der Waals surface area contributed by atoms with E-state index >= 15 is 0 Å². The van der Waals surface area contributed by atoms with E-state index < -0.39 is 5.54 Å². The first kappa shape index (κ1) is 13.3. The Morgan fingerprint density at radius 1 is 1.22 bits per heavy atom. The van der Waals surface area contributed by atoms with Crippen LogP contribution in [0.2, 0.25) is 0 Å². The van der Waals surface area contributed by atoms with Crippen molar-refractivity contribution < 1.29 is 9.59 Å². The minimum atomic E-state index is -0.694. The molecular weight excluding hydrogens is 230 g/mol. The number of nitrogens with one attached hydrogen (secondary N) is 1. The molecule has 1 heterocycles. The molecule has 102 valence electrons. The van der Waals surface area contributed by atoms with Gasteiger partial charge in [-0.15, -0.1) is 0 Å². The van der Waals surface area contributed by atoms with Gasteiger partial charge in [0.1, 0.15) is 0 Å². The second kappa shape index (κ2) is 4.88. The summed E-state index contributed by atoms with van der Waals surface area (Å²) in [4.78, 5) is 25.2. The van der Waals surface area contributed by atoms with Gasteiger partial charge < -0.3 is 16.0 Å². The number of piperidine rings is 1. The van der Waals surface area contributed by atoms with Crippen LogP contribution in [0.3, 0.4) is 0 Å². The average Bonchev–Trinajstić information content (AvgIpc) is 3.12. The molecule has 2 amide bonds. The summed E-state index contributed by atoms with van der Waals surface area (Å²) >= 11 is 0. The fourth-order valence-corrected chi connectivity index (χ4v) is 2.71. The number of likely N-dealkylation sites (tertiary alicyclic amines) is 1. The minimum Gasteiger partial charge on any atom is -0.353 e. The fraction of sp³-hybridized carbons (Fsp3) is 0.846. The zero-order valence-corrected chi connectivity index (χ0v) is 11.2. The maximum atomic E-state index is 12.3. The van der Waals surface area contributed by atoms with Crippen LogP contribution in [0.4, 0.5) is 0 Å². The van der Waals surface area contributed by atoms with Gasteiger partial charge in [0.15, 0.2) is 0 Å². The van der Waals surface area contributed by atoms with Crippen molar-refractivity contribution in [3.63, 3.8) is 0 Å². The second-order valence-electron chi connectivity index (χ2n) is 5.82. The Labute approximate surface area is 108 Å². The van der Waals surface area contributed by atoms with Crippen LogP contribution in [0, 0.1) is 5.92 Å². The molecule has 2 aliphatic rings. The summed E-state index contributed by atoms with van der Waals surface area (Å²) < 4.78 is 0. The summed E-state index contributed by atoms with van der Waals surface area (Å²) in [5.41, 5.74) is 5.46. The van der Waals surface area contributed by atoms with Crippen molar-refractivity contribution in [2.45, 2.75) is 51.1 Å². The zero-order valence-electron chi connectivity index (χ0n) is 11.2. The SMILES string of the molecule is CC(=O)NC1CCN(C(=O)C(C)(N)C2CC2)CC1. The van der Waals surface area contributed by atoms with Crippen molar-refractivity contribution in [1.82, 2.24) is 10.2 Å². The highest BCUT2D eigenvalue weighted by atomic mass is 16.2. The fourth-order valence-electron chi connectivity index (χ4n) is 2.71. The number of amides is 2. The van der Waals surface area contributed by atoms with Crippen LogP contribution in [0.15, 0.2) is 0 Å². The number of nitrogens with two attached hydrogens (primary N) is 1. The molecule has 0 aromatic rings. The zero-order chi connectivity index (χ0) is 13.3. The highest BCUT2D eigenvalue weighted by Gasteiger charge is 2.46. The van der Waals surface area contributed by atoms with Crippen molar-refractivity contribution in [2.24, 2.45) is 11.7 Å². The molecule has 18 heavy (non-hydrogen) atoms. The first-order valence-electron chi connectivity index (χ1n) is 6.76. The summed E-state index contributed by atoms with van der Waals surface area (Å²) in [5.74, 6) is 0.436. The largest absolute Gasteiger partial charge is 0.353 e. The van der Waals surface area contributed by atoms with Gasteiger partial charge in [0.2, 0.25) is 11.8 Å². The van der Waals surface area contributed by atoms with E-state index in [2.05, 4.69) is 5.32 Å². The number of nitrogens with zero attached hydrogens (tertiary/aromatic N) is 1. The molecule has 1 aliphatic carbocycles. The van der Waals surface area contributed by atoms with Gasteiger partial charge in [-0.2, -0.15) is 0 Å². The van der Waals surface area contributed by atoms with Crippen LogP contribution in [0.1, 0.15) is 39.5 Å². The third kappa shape index (κ3) is 2.83. The van der Waals surface area contributed by atoms with Gasteiger partial charge in [0, 0.05) is 26.1 Å². The smallest absolute Gasteiger partial charge is 0.242 e. The highest BCUT2D eigenvalue weighted by molar-refractivity contribution is 5.86. The summed E-state index contributed by atoms with van der Waals surface area (Å²) in [6, 6.07) is 0.205. The molecule has 1 unspecified atom stereocenters. The Kier molecular flexibility index (Phi) is 3.61. The molecule has 2 rings (SSSR count). The Bertz CT molecular complexity index is 342. The van der Waals surface area contributed by atoms with E-state index in [9.17, 15) is 9.59 Å². The highest BCUT2D eigenvalue weighted by Crippen LogP contribution is 2.39. The van der Waals surface area contributed by atoms with Crippen LogP contribution < -0.4 is 11.1 Å². The summed E-state index contributed by atoms with van der Waals surface area (Å²) in [5, 5.41) is 2.91. The predicted octanol–water partition coefficient (Wildman–Crippen LogP) is 0.241. The van der Waals surface area contributed by atoms with Crippen molar-refractivity contribution in [1.29, 1.82) is 0 Å².